The van der Waals surface area contributed by atoms with Crippen LogP contribution in [0.25, 0.3) is 11.3 Å². The number of aliphatic hydroxyl groups is 1. The Hall–Kier alpha value is -1.89. The third-order valence-electron chi connectivity index (χ3n) is 6.59. The smallest absolute Gasteiger partial charge is 0.118 e. The van der Waals surface area contributed by atoms with E-state index in [9.17, 15) is 5.11 Å². The van der Waals surface area contributed by atoms with Crippen molar-refractivity contribution in [1.82, 2.24) is 20.0 Å². The van der Waals surface area contributed by atoms with Gasteiger partial charge in [-0.15, -0.1) is 0 Å². The van der Waals surface area contributed by atoms with Crippen molar-refractivity contribution in [3.8, 4) is 17.0 Å². The minimum absolute atomic E-state index is 0.0821. The maximum absolute atomic E-state index is 10.1. The minimum Gasteiger partial charge on any atom is -0.497 e. The molecule has 0 radical (unpaired) electrons. The van der Waals surface area contributed by atoms with Crippen LogP contribution in [0.2, 0.25) is 0 Å². The van der Waals surface area contributed by atoms with E-state index in [0.717, 1.165) is 56.0 Å². The van der Waals surface area contributed by atoms with Gasteiger partial charge in [0.25, 0.3) is 0 Å². The van der Waals surface area contributed by atoms with Crippen LogP contribution in [0.1, 0.15) is 24.8 Å². The second-order valence-corrected chi connectivity index (χ2v) is 8.10. The maximum atomic E-state index is 10.1. The van der Waals surface area contributed by atoms with Crippen molar-refractivity contribution in [2.75, 3.05) is 40.4 Å². The number of likely N-dealkylation sites (tertiary alicyclic amines) is 2. The molecule has 0 amide bonds. The highest BCUT2D eigenvalue weighted by Crippen LogP contribution is 2.42. The lowest BCUT2D eigenvalue weighted by molar-refractivity contribution is -0.0684. The van der Waals surface area contributed by atoms with Crippen LogP contribution in [0.5, 0.6) is 5.75 Å². The number of hydrogen-bond acceptors (Lipinski definition) is 5. The lowest BCUT2D eigenvalue weighted by Crippen LogP contribution is -2.61. The van der Waals surface area contributed by atoms with Crippen LogP contribution in [0.15, 0.2) is 30.5 Å². The number of aromatic amines is 1. The second kappa shape index (κ2) is 7.62. The number of H-pyrrole nitrogens is 1. The van der Waals surface area contributed by atoms with Gasteiger partial charge in [-0.2, -0.15) is 5.10 Å². The number of nitrogens with one attached hydrogen (secondary N) is 1. The minimum atomic E-state index is 0.0821. The fourth-order valence-electron chi connectivity index (χ4n) is 4.90. The van der Waals surface area contributed by atoms with Crippen molar-refractivity contribution >= 4 is 0 Å². The number of nitrogens with zero attached hydrogens (tertiary/aromatic N) is 3. The number of rotatable bonds is 5. The van der Waals surface area contributed by atoms with Crippen LogP contribution < -0.4 is 4.74 Å². The molecule has 0 spiro atoms. The molecule has 2 saturated heterocycles. The maximum Gasteiger partial charge on any atom is 0.118 e. The van der Waals surface area contributed by atoms with E-state index in [4.69, 9.17) is 4.74 Å². The number of likely N-dealkylation sites (N-methyl/N-ethyl adjacent to an activating group) is 1. The van der Waals surface area contributed by atoms with Gasteiger partial charge in [0.2, 0.25) is 0 Å². The van der Waals surface area contributed by atoms with E-state index in [1.54, 1.807) is 7.11 Å². The Balaban J connectivity index is 1.50. The molecule has 4 rings (SSSR count). The zero-order valence-corrected chi connectivity index (χ0v) is 16.3. The van der Waals surface area contributed by atoms with E-state index in [2.05, 4.69) is 39.2 Å². The van der Waals surface area contributed by atoms with Crippen LogP contribution in [0, 0.1) is 5.41 Å². The first-order valence-electron chi connectivity index (χ1n) is 9.85. The number of methoxy groups -OCH3 is 1. The Morgan fingerprint density at radius 3 is 2.81 bits per heavy atom. The fraction of sp³-hybridized carbons (Fsp3) is 0.571. The third kappa shape index (κ3) is 3.49. The van der Waals surface area contributed by atoms with Crippen LogP contribution in [-0.4, -0.2) is 71.5 Å². The molecule has 1 aromatic carbocycles. The van der Waals surface area contributed by atoms with Gasteiger partial charge in [-0.3, -0.25) is 10.00 Å². The number of ether oxygens (including phenoxy) is 1. The molecule has 27 heavy (non-hydrogen) atoms. The van der Waals surface area contributed by atoms with Gasteiger partial charge in [0.1, 0.15) is 5.75 Å². The highest BCUT2D eigenvalue weighted by Gasteiger charge is 2.46. The monoisotopic (exact) mass is 370 g/mol. The van der Waals surface area contributed by atoms with E-state index in [0.29, 0.717) is 12.6 Å². The van der Waals surface area contributed by atoms with E-state index in [1.807, 2.05) is 18.3 Å². The van der Waals surface area contributed by atoms with Gasteiger partial charge < -0.3 is 14.7 Å². The van der Waals surface area contributed by atoms with Crippen molar-refractivity contribution in [3.63, 3.8) is 0 Å². The molecule has 2 aliphatic rings. The molecule has 146 valence electrons. The average Bonchev–Trinajstić information content (AvgIpc) is 3.17. The van der Waals surface area contributed by atoms with Gasteiger partial charge in [-0.05, 0) is 63.7 Å². The van der Waals surface area contributed by atoms with E-state index < -0.39 is 0 Å². The van der Waals surface area contributed by atoms with Crippen molar-refractivity contribution in [1.29, 1.82) is 0 Å². The SMILES string of the molecule is COc1ccc(-c2[nH]ncc2CN2CC[C@@]3(CO)CCCN(C)[C@@H]3C2)cc1. The van der Waals surface area contributed by atoms with E-state index in [-0.39, 0.29) is 5.41 Å². The van der Waals surface area contributed by atoms with Crippen molar-refractivity contribution in [2.45, 2.75) is 31.8 Å². The second-order valence-electron chi connectivity index (χ2n) is 8.10. The lowest BCUT2D eigenvalue weighted by atomic mass is 9.69. The quantitative estimate of drug-likeness (QED) is 0.846. The molecule has 1 aromatic heterocycles. The topological polar surface area (TPSA) is 64.6 Å². The van der Waals surface area contributed by atoms with E-state index in [1.165, 1.54) is 12.0 Å². The summed E-state index contributed by atoms with van der Waals surface area (Å²) in [5.74, 6) is 0.858. The first-order chi connectivity index (χ1) is 13.1. The largest absolute Gasteiger partial charge is 0.497 e. The van der Waals surface area contributed by atoms with E-state index >= 15 is 0 Å². The number of fused-ring (bicyclic) bond motifs is 1. The summed E-state index contributed by atoms with van der Waals surface area (Å²) in [6.45, 7) is 4.34. The van der Waals surface area contributed by atoms with Gasteiger partial charge in [-0.1, -0.05) is 0 Å². The normalized spacial score (nSPS) is 26.7. The number of benzene rings is 1. The summed E-state index contributed by atoms with van der Waals surface area (Å²) in [7, 11) is 3.89. The molecule has 6 nitrogen and oxygen atoms in total. The van der Waals surface area contributed by atoms with Gasteiger partial charge in [0.15, 0.2) is 0 Å². The average molecular weight is 370 g/mol. The molecule has 0 bridgehead atoms. The summed E-state index contributed by atoms with van der Waals surface area (Å²) in [6, 6.07) is 8.53. The first-order valence-corrected chi connectivity index (χ1v) is 9.85. The molecule has 2 aliphatic heterocycles. The van der Waals surface area contributed by atoms with Gasteiger partial charge in [-0.25, -0.2) is 0 Å². The lowest BCUT2D eigenvalue weighted by Gasteiger charge is -2.53. The Kier molecular flexibility index (Phi) is 5.21. The molecule has 2 atom stereocenters. The fourth-order valence-corrected chi connectivity index (χ4v) is 4.90. The Bertz CT molecular complexity index is 760. The van der Waals surface area contributed by atoms with Gasteiger partial charge in [0, 0.05) is 35.7 Å². The van der Waals surface area contributed by atoms with Crippen molar-refractivity contribution in [2.24, 2.45) is 5.41 Å². The van der Waals surface area contributed by atoms with Crippen LogP contribution in [-0.2, 0) is 6.54 Å². The molecule has 2 N–H and O–H groups in total. The summed E-state index contributed by atoms with van der Waals surface area (Å²) in [5.41, 5.74) is 3.50. The summed E-state index contributed by atoms with van der Waals surface area (Å²) >= 11 is 0. The van der Waals surface area contributed by atoms with Crippen LogP contribution in [0.4, 0.5) is 0 Å². The van der Waals surface area contributed by atoms with Crippen molar-refractivity contribution in [3.05, 3.63) is 36.0 Å². The summed E-state index contributed by atoms with van der Waals surface area (Å²) < 4.78 is 5.26. The molecule has 0 aliphatic carbocycles. The van der Waals surface area contributed by atoms with Gasteiger partial charge >= 0.3 is 0 Å². The highest BCUT2D eigenvalue weighted by atomic mass is 16.5. The molecule has 2 aromatic rings. The van der Waals surface area contributed by atoms with Gasteiger partial charge in [0.05, 0.1) is 25.6 Å². The Morgan fingerprint density at radius 2 is 2.07 bits per heavy atom. The number of hydrogen-bond donors (Lipinski definition) is 2. The third-order valence-corrected chi connectivity index (χ3v) is 6.59. The Labute approximate surface area is 161 Å². The standard InChI is InChI=1S/C21H30N4O2/c1-24-10-3-8-21(15-26)9-11-25(14-19(21)24)13-17-12-22-23-20(17)16-4-6-18(27-2)7-5-16/h4-7,12,19,26H,3,8-11,13-15H2,1-2H3,(H,22,23)/t19-,21-/m1/s1. The molecule has 2 fully saturated rings. The molecule has 0 saturated carbocycles. The zero-order chi connectivity index (χ0) is 18.9. The summed E-state index contributed by atoms with van der Waals surface area (Å²) in [6.07, 6.45) is 5.35. The molecule has 3 heterocycles. The van der Waals surface area contributed by atoms with Crippen LogP contribution in [0.3, 0.4) is 0 Å². The number of piperidine rings is 2. The van der Waals surface area contributed by atoms with Crippen molar-refractivity contribution < 1.29 is 9.84 Å². The number of aromatic nitrogens is 2. The highest BCUT2D eigenvalue weighted by molar-refractivity contribution is 5.63. The predicted molar refractivity (Wildman–Crippen MR) is 106 cm³/mol. The zero-order valence-electron chi connectivity index (χ0n) is 16.3. The van der Waals surface area contributed by atoms with Crippen LogP contribution >= 0.6 is 0 Å². The number of aliphatic hydroxyl groups excluding tert-OH is 1. The molecular weight excluding hydrogens is 340 g/mol. The molecular formula is C21H30N4O2. The molecule has 6 heteroatoms. The first kappa shape index (κ1) is 18.5. The predicted octanol–water partition coefficient (Wildman–Crippen LogP) is 2.36. The summed E-state index contributed by atoms with van der Waals surface area (Å²) in [4.78, 5) is 4.96. The Morgan fingerprint density at radius 1 is 1.26 bits per heavy atom. The molecule has 0 unspecified atom stereocenters. The summed E-state index contributed by atoms with van der Waals surface area (Å²) in [5, 5.41) is 17.6.